The van der Waals surface area contributed by atoms with Crippen molar-refractivity contribution in [3.05, 3.63) is 0 Å². The van der Waals surface area contributed by atoms with E-state index in [1.165, 1.54) is 51.6 Å². The third kappa shape index (κ3) is 3.97. The van der Waals surface area contributed by atoms with Gasteiger partial charge in [0.25, 0.3) is 0 Å². The fourth-order valence-electron chi connectivity index (χ4n) is 2.48. The predicted octanol–water partition coefficient (Wildman–Crippen LogP) is 1.75. The van der Waals surface area contributed by atoms with Gasteiger partial charge in [0.15, 0.2) is 0 Å². The topological polar surface area (TPSA) is 39.1 Å². The maximum Gasteiger partial charge on any atom is 0.108 e. The summed E-state index contributed by atoms with van der Waals surface area (Å²) >= 11 is 0. The molecule has 3 heteroatoms. The molecule has 3 rings (SSSR count). The number of hydrogen-bond donors (Lipinski definition) is 1. The van der Waals surface area contributed by atoms with E-state index in [0.717, 1.165) is 18.4 Å². The average Bonchev–Trinajstić information content (AvgIpc) is 3.07. The van der Waals surface area contributed by atoms with Crippen molar-refractivity contribution in [3.8, 4) is 6.07 Å². The molecular formula is C14H23N3. The average molecular weight is 233 g/mol. The Kier molecular flexibility index (Phi) is 3.35. The lowest BCUT2D eigenvalue weighted by Crippen LogP contribution is -2.42. The second-order valence-corrected chi connectivity index (χ2v) is 6.23. The summed E-state index contributed by atoms with van der Waals surface area (Å²) in [7, 11) is 0. The molecule has 94 valence electrons. The third-order valence-corrected chi connectivity index (χ3v) is 4.04. The summed E-state index contributed by atoms with van der Waals surface area (Å²) in [5.41, 5.74) is 0. The van der Waals surface area contributed by atoms with Gasteiger partial charge in [-0.25, -0.2) is 0 Å². The van der Waals surface area contributed by atoms with Gasteiger partial charge in [-0.1, -0.05) is 0 Å². The van der Waals surface area contributed by atoms with Crippen LogP contribution in [0.5, 0.6) is 0 Å². The SMILES string of the molecule is N#CC(CN(CC1CC1)CC1CC1)NC1CC1. The molecule has 0 aromatic rings. The van der Waals surface area contributed by atoms with Gasteiger partial charge in [0, 0.05) is 25.7 Å². The number of rotatable bonds is 8. The van der Waals surface area contributed by atoms with Gasteiger partial charge < -0.3 is 4.90 Å². The molecule has 0 amide bonds. The highest BCUT2D eigenvalue weighted by Gasteiger charge is 2.31. The quantitative estimate of drug-likeness (QED) is 0.694. The standard InChI is InChI=1S/C14H23N3/c15-7-14(16-13-5-6-13)10-17(8-11-1-2-11)9-12-3-4-12/h11-14,16H,1-6,8-10H2. The van der Waals surface area contributed by atoms with Gasteiger partial charge in [0.1, 0.15) is 6.04 Å². The summed E-state index contributed by atoms with van der Waals surface area (Å²) < 4.78 is 0. The van der Waals surface area contributed by atoms with Crippen LogP contribution in [0.1, 0.15) is 38.5 Å². The van der Waals surface area contributed by atoms with Gasteiger partial charge in [-0.3, -0.25) is 5.32 Å². The van der Waals surface area contributed by atoms with Crippen LogP contribution in [-0.4, -0.2) is 36.6 Å². The van der Waals surface area contributed by atoms with E-state index in [4.69, 9.17) is 0 Å². The van der Waals surface area contributed by atoms with Crippen LogP contribution in [0.4, 0.5) is 0 Å². The second-order valence-electron chi connectivity index (χ2n) is 6.23. The molecule has 17 heavy (non-hydrogen) atoms. The van der Waals surface area contributed by atoms with Crippen LogP contribution < -0.4 is 5.32 Å². The van der Waals surface area contributed by atoms with Crippen molar-refractivity contribution in [1.82, 2.24) is 10.2 Å². The van der Waals surface area contributed by atoms with Crippen molar-refractivity contribution < 1.29 is 0 Å². The Morgan fingerprint density at radius 1 is 1.06 bits per heavy atom. The van der Waals surface area contributed by atoms with Gasteiger partial charge in [0.05, 0.1) is 6.07 Å². The molecule has 3 aliphatic carbocycles. The number of nitriles is 1. The molecule has 3 saturated carbocycles. The first-order valence-electron chi connectivity index (χ1n) is 7.21. The fraction of sp³-hybridized carbons (Fsp3) is 0.929. The van der Waals surface area contributed by atoms with Gasteiger partial charge in [-0.2, -0.15) is 5.26 Å². The monoisotopic (exact) mass is 233 g/mol. The zero-order valence-corrected chi connectivity index (χ0v) is 10.6. The van der Waals surface area contributed by atoms with Crippen molar-refractivity contribution in [1.29, 1.82) is 5.26 Å². The Balaban J connectivity index is 1.47. The van der Waals surface area contributed by atoms with Gasteiger partial charge >= 0.3 is 0 Å². The van der Waals surface area contributed by atoms with E-state index in [1.807, 2.05) is 0 Å². The van der Waals surface area contributed by atoms with E-state index in [1.54, 1.807) is 0 Å². The molecule has 0 spiro atoms. The molecule has 1 unspecified atom stereocenters. The number of nitrogens with zero attached hydrogens (tertiary/aromatic N) is 2. The van der Waals surface area contributed by atoms with Crippen molar-refractivity contribution in [2.45, 2.75) is 50.6 Å². The van der Waals surface area contributed by atoms with Gasteiger partial charge in [-0.05, 0) is 50.4 Å². The lowest BCUT2D eigenvalue weighted by molar-refractivity contribution is 0.238. The molecule has 0 saturated heterocycles. The van der Waals surface area contributed by atoms with Crippen molar-refractivity contribution in [2.24, 2.45) is 11.8 Å². The molecular weight excluding hydrogens is 210 g/mol. The summed E-state index contributed by atoms with van der Waals surface area (Å²) in [5, 5.41) is 12.7. The van der Waals surface area contributed by atoms with Crippen molar-refractivity contribution in [3.63, 3.8) is 0 Å². The van der Waals surface area contributed by atoms with Crippen LogP contribution in [0.15, 0.2) is 0 Å². The van der Waals surface area contributed by atoms with E-state index in [-0.39, 0.29) is 6.04 Å². The normalized spacial score (nSPS) is 25.9. The first kappa shape index (κ1) is 11.5. The Labute approximate surface area is 104 Å². The minimum absolute atomic E-state index is 0.0556. The van der Waals surface area contributed by atoms with Crippen LogP contribution in [0.3, 0.4) is 0 Å². The zero-order valence-electron chi connectivity index (χ0n) is 10.6. The van der Waals surface area contributed by atoms with Crippen LogP contribution >= 0.6 is 0 Å². The molecule has 0 heterocycles. The molecule has 0 aromatic carbocycles. The second kappa shape index (κ2) is 4.96. The van der Waals surface area contributed by atoms with Crippen LogP contribution in [0.25, 0.3) is 0 Å². The maximum absolute atomic E-state index is 9.21. The third-order valence-electron chi connectivity index (χ3n) is 4.04. The Bertz CT molecular complexity index is 283. The fourth-order valence-corrected chi connectivity index (χ4v) is 2.48. The highest BCUT2D eigenvalue weighted by molar-refractivity contribution is 4.98. The van der Waals surface area contributed by atoms with Crippen LogP contribution in [0, 0.1) is 23.2 Å². The summed E-state index contributed by atoms with van der Waals surface area (Å²) in [6.45, 7) is 3.42. The van der Waals surface area contributed by atoms with Gasteiger partial charge in [0.2, 0.25) is 0 Å². The summed E-state index contributed by atoms with van der Waals surface area (Å²) in [4.78, 5) is 2.55. The van der Waals surface area contributed by atoms with E-state index in [0.29, 0.717) is 6.04 Å². The molecule has 0 bridgehead atoms. The van der Waals surface area contributed by atoms with Gasteiger partial charge in [-0.15, -0.1) is 0 Å². The molecule has 1 atom stereocenters. The van der Waals surface area contributed by atoms with Crippen LogP contribution in [0.2, 0.25) is 0 Å². The Morgan fingerprint density at radius 2 is 1.65 bits per heavy atom. The molecule has 0 radical (unpaired) electrons. The zero-order chi connectivity index (χ0) is 11.7. The van der Waals surface area contributed by atoms with Crippen molar-refractivity contribution in [2.75, 3.05) is 19.6 Å². The maximum atomic E-state index is 9.21. The smallest absolute Gasteiger partial charge is 0.108 e. The predicted molar refractivity (Wildman–Crippen MR) is 67.4 cm³/mol. The molecule has 3 fully saturated rings. The largest absolute Gasteiger partial charge is 0.300 e. The highest BCUT2D eigenvalue weighted by atomic mass is 15.2. The lowest BCUT2D eigenvalue weighted by atomic mass is 10.2. The van der Waals surface area contributed by atoms with E-state index in [2.05, 4.69) is 16.3 Å². The van der Waals surface area contributed by atoms with E-state index >= 15 is 0 Å². The molecule has 3 aliphatic rings. The molecule has 1 N–H and O–H groups in total. The van der Waals surface area contributed by atoms with Crippen LogP contribution in [-0.2, 0) is 0 Å². The molecule has 3 nitrogen and oxygen atoms in total. The minimum Gasteiger partial charge on any atom is -0.300 e. The lowest BCUT2D eigenvalue weighted by Gasteiger charge is -2.25. The van der Waals surface area contributed by atoms with E-state index in [9.17, 15) is 5.26 Å². The molecule has 0 aliphatic heterocycles. The minimum atomic E-state index is 0.0556. The summed E-state index contributed by atoms with van der Waals surface area (Å²) in [5.74, 6) is 1.88. The summed E-state index contributed by atoms with van der Waals surface area (Å²) in [6.07, 6.45) is 8.18. The van der Waals surface area contributed by atoms with Crippen molar-refractivity contribution >= 4 is 0 Å². The number of nitrogens with one attached hydrogen (secondary N) is 1. The Hall–Kier alpha value is -0.590. The highest BCUT2D eigenvalue weighted by Crippen LogP contribution is 2.33. The van der Waals surface area contributed by atoms with E-state index < -0.39 is 0 Å². The first-order chi connectivity index (χ1) is 8.33. The molecule has 0 aromatic heterocycles. The summed E-state index contributed by atoms with van der Waals surface area (Å²) in [6, 6.07) is 3.14. The Morgan fingerprint density at radius 3 is 2.06 bits per heavy atom. The number of hydrogen-bond acceptors (Lipinski definition) is 3. The first-order valence-corrected chi connectivity index (χ1v) is 7.21.